The highest BCUT2D eigenvalue weighted by molar-refractivity contribution is 7.89. The molecule has 5 nitrogen and oxygen atoms in total. The number of ether oxygens (including phenoxy) is 1. The first-order valence-electron chi connectivity index (χ1n) is 6.73. The summed E-state index contributed by atoms with van der Waals surface area (Å²) in [6, 6.07) is 4.80. The minimum Gasteiger partial charge on any atom is -0.404 e. The van der Waals surface area contributed by atoms with Crippen LogP contribution in [0.3, 0.4) is 0 Å². The summed E-state index contributed by atoms with van der Waals surface area (Å²) >= 11 is 0. The zero-order valence-corrected chi connectivity index (χ0v) is 14.0. The number of sulfonamides is 1. The van der Waals surface area contributed by atoms with Gasteiger partial charge in [-0.1, -0.05) is 12.1 Å². The van der Waals surface area contributed by atoms with Gasteiger partial charge in [0.05, 0.1) is 0 Å². The first-order valence-corrected chi connectivity index (χ1v) is 8.17. The molecule has 1 heterocycles. The predicted molar refractivity (Wildman–Crippen MR) is 81.2 cm³/mol. The Kier molecular flexibility index (Phi) is 6.70. The molecule has 0 aromatic heterocycles. The fourth-order valence-electron chi connectivity index (χ4n) is 2.48. The molecule has 0 aliphatic carbocycles. The molecular weight excluding hydrogens is 357 g/mol. The molecule has 1 aliphatic rings. The highest BCUT2D eigenvalue weighted by Gasteiger charge is 2.37. The van der Waals surface area contributed by atoms with Crippen molar-refractivity contribution in [2.45, 2.75) is 17.7 Å². The number of rotatable bonds is 5. The highest BCUT2D eigenvalue weighted by atomic mass is 35.5. The van der Waals surface area contributed by atoms with Gasteiger partial charge in [-0.15, -0.1) is 25.6 Å². The summed E-state index contributed by atoms with van der Waals surface area (Å²) in [5.41, 5.74) is 0. The number of para-hydroxylation sites is 1. The average Bonchev–Trinajstić information content (AvgIpc) is 2.87. The maximum atomic E-state index is 12.5. The molecule has 0 radical (unpaired) electrons. The van der Waals surface area contributed by atoms with Crippen molar-refractivity contribution in [3.8, 4) is 5.75 Å². The maximum absolute atomic E-state index is 12.5. The second kappa shape index (κ2) is 7.69. The molecule has 1 N–H and O–H groups in total. The number of benzene rings is 1. The van der Waals surface area contributed by atoms with Crippen molar-refractivity contribution >= 4 is 22.4 Å². The fraction of sp³-hybridized carbons (Fsp3) is 0.538. The largest absolute Gasteiger partial charge is 0.573 e. The van der Waals surface area contributed by atoms with E-state index in [4.69, 9.17) is 0 Å². The molecule has 0 spiro atoms. The van der Waals surface area contributed by atoms with E-state index in [1.54, 1.807) is 7.05 Å². The zero-order valence-electron chi connectivity index (χ0n) is 12.3. The van der Waals surface area contributed by atoms with E-state index >= 15 is 0 Å². The molecule has 1 aromatic rings. The van der Waals surface area contributed by atoms with E-state index in [1.165, 1.54) is 16.4 Å². The Morgan fingerprint density at radius 1 is 1.35 bits per heavy atom. The van der Waals surface area contributed by atoms with E-state index in [0.29, 0.717) is 13.0 Å². The van der Waals surface area contributed by atoms with Gasteiger partial charge in [0.25, 0.3) is 0 Å². The van der Waals surface area contributed by atoms with E-state index < -0.39 is 27.0 Å². The fourth-order valence-corrected chi connectivity index (χ4v) is 4.13. The summed E-state index contributed by atoms with van der Waals surface area (Å²) < 4.78 is 67.4. The molecule has 0 amide bonds. The Balaban J connectivity index is 0.00000264. The van der Waals surface area contributed by atoms with Crippen molar-refractivity contribution in [1.82, 2.24) is 9.62 Å². The van der Waals surface area contributed by atoms with Crippen LogP contribution < -0.4 is 10.1 Å². The van der Waals surface area contributed by atoms with Gasteiger partial charge >= 0.3 is 6.36 Å². The van der Waals surface area contributed by atoms with Crippen LogP contribution in [0.2, 0.25) is 0 Å². The summed E-state index contributed by atoms with van der Waals surface area (Å²) in [5.74, 6) is -0.553. The Morgan fingerprint density at radius 3 is 2.61 bits per heavy atom. The van der Waals surface area contributed by atoms with Crippen molar-refractivity contribution in [3.05, 3.63) is 24.3 Å². The van der Waals surface area contributed by atoms with Crippen LogP contribution in [0, 0.1) is 5.92 Å². The van der Waals surface area contributed by atoms with Crippen molar-refractivity contribution in [2.75, 3.05) is 26.7 Å². The predicted octanol–water partition coefficient (Wildman–Crippen LogP) is 2.24. The second-order valence-electron chi connectivity index (χ2n) is 5.07. The van der Waals surface area contributed by atoms with Crippen LogP contribution in [0.1, 0.15) is 6.42 Å². The minimum atomic E-state index is -4.94. The molecule has 0 bridgehead atoms. The summed E-state index contributed by atoms with van der Waals surface area (Å²) in [5, 5.41) is 2.97. The number of hydrogen-bond acceptors (Lipinski definition) is 4. The van der Waals surface area contributed by atoms with Crippen LogP contribution in [0.5, 0.6) is 5.75 Å². The van der Waals surface area contributed by atoms with Crippen LogP contribution in [0.25, 0.3) is 0 Å². The smallest absolute Gasteiger partial charge is 0.404 e. The van der Waals surface area contributed by atoms with Gasteiger partial charge in [0.15, 0.2) is 0 Å². The van der Waals surface area contributed by atoms with Crippen LogP contribution in [-0.2, 0) is 10.0 Å². The first kappa shape index (κ1) is 20.0. The van der Waals surface area contributed by atoms with Crippen LogP contribution in [0.4, 0.5) is 13.2 Å². The topological polar surface area (TPSA) is 58.6 Å². The molecule has 0 saturated carbocycles. The third-order valence-electron chi connectivity index (χ3n) is 3.43. The normalized spacial score (nSPS) is 19.4. The minimum absolute atomic E-state index is 0. The molecule has 1 saturated heterocycles. The van der Waals surface area contributed by atoms with E-state index in [2.05, 4.69) is 10.1 Å². The van der Waals surface area contributed by atoms with Crippen LogP contribution >= 0.6 is 12.4 Å². The van der Waals surface area contributed by atoms with Gasteiger partial charge in [0.2, 0.25) is 10.0 Å². The van der Waals surface area contributed by atoms with Gasteiger partial charge in [-0.2, -0.15) is 4.31 Å². The lowest BCUT2D eigenvalue weighted by Gasteiger charge is -2.19. The van der Waals surface area contributed by atoms with Gasteiger partial charge in [-0.05, 0) is 38.1 Å². The molecule has 2 rings (SSSR count). The summed E-state index contributed by atoms with van der Waals surface area (Å²) in [6.07, 6.45) is -4.27. The SMILES string of the molecule is CNCC1CCN(S(=O)(=O)c2ccccc2OC(F)(F)F)C1.Cl. The monoisotopic (exact) mass is 374 g/mol. The van der Waals surface area contributed by atoms with Crippen LogP contribution in [0.15, 0.2) is 29.2 Å². The van der Waals surface area contributed by atoms with Crippen molar-refractivity contribution < 1.29 is 26.3 Å². The Bertz CT molecular complexity index is 625. The lowest BCUT2D eigenvalue weighted by Crippen LogP contribution is -2.31. The van der Waals surface area contributed by atoms with Crippen molar-refractivity contribution in [1.29, 1.82) is 0 Å². The van der Waals surface area contributed by atoms with Gasteiger partial charge in [-0.3, -0.25) is 0 Å². The molecule has 10 heteroatoms. The van der Waals surface area contributed by atoms with Crippen molar-refractivity contribution in [3.63, 3.8) is 0 Å². The lowest BCUT2D eigenvalue weighted by atomic mass is 10.1. The molecule has 1 atom stereocenters. The maximum Gasteiger partial charge on any atom is 0.573 e. The van der Waals surface area contributed by atoms with E-state index in [-0.39, 0.29) is 31.4 Å². The average molecular weight is 375 g/mol. The number of nitrogens with zero attached hydrogens (tertiary/aromatic N) is 1. The molecule has 1 aliphatic heterocycles. The van der Waals surface area contributed by atoms with Crippen molar-refractivity contribution in [2.24, 2.45) is 5.92 Å². The van der Waals surface area contributed by atoms with E-state index in [9.17, 15) is 21.6 Å². The highest BCUT2D eigenvalue weighted by Crippen LogP contribution is 2.33. The lowest BCUT2D eigenvalue weighted by molar-refractivity contribution is -0.275. The third kappa shape index (κ3) is 4.97. The Labute approximate surface area is 139 Å². The number of hydrogen-bond donors (Lipinski definition) is 1. The molecular formula is C13H18ClF3N2O3S. The first-order chi connectivity index (χ1) is 10.2. The van der Waals surface area contributed by atoms with E-state index in [0.717, 1.165) is 12.1 Å². The standard InChI is InChI=1S/C13H17F3N2O3S.ClH/c1-17-8-10-6-7-18(9-10)22(19,20)12-5-3-2-4-11(12)21-13(14,15)16;/h2-5,10,17H,6-9H2,1H3;1H. The quantitative estimate of drug-likeness (QED) is 0.858. The van der Waals surface area contributed by atoms with E-state index in [1.807, 2.05) is 0 Å². The number of alkyl halides is 3. The Morgan fingerprint density at radius 2 is 2.00 bits per heavy atom. The summed E-state index contributed by atoms with van der Waals surface area (Å²) in [4.78, 5) is -0.461. The van der Waals surface area contributed by atoms with Gasteiger partial charge in [0.1, 0.15) is 10.6 Å². The van der Waals surface area contributed by atoms with Gasteiger partial charge in [-0.25, -0.2) is 8.42 Å². The summed E-state index contributed by atoms with van der Waals surface area (Å²) in [6.45, 7) is 1.23. The third-order valence-corrected chi connectivity index (χ3v) is 5.34. The molecule has 1 aromatic carbocycles. The number of nitrogens with one attached hydrogen (secondary N) is 1. The zero-order chi connectivity index (χ0) is 16.4. The van der Waals surface area contributed by atoms with Crippen LogP contribution in [-0.4, -0.2) is 45.8 Å². The van der Waals surface area contributed by atoms with Gasteiger partial charge < -0.3 is 10.1 Å². The molecule has 1 fully saturated rings. The number of halogens is 4. The Hall–Kier alpha value is -1.03. The molecule has 1 unspecified atom stereocenters. The second-order valence-corrected chi connectivity index (χ2v) is 6.98. The molecule has 132 valence electrons. The molecule has 23 heavy (non-hydrogen) atoms. The summed E-state index contributed by atoms with van der Waals surface area (Å²) in [7, 11) is -2.24. The van der Waals surface area contributed by atoms with Gasteiger partial charge in [0, 0.05) is 13.1 Å².